The molecule has 1 aromatic heterocycles. The lowest BCUT2D eigenvalue weighted by Crippen LogP contribution is -2.36. The van der Waals surface area contributed by atoms with Crippen molar-refractivity contribution >= 4 is 11.7 Å². The number of rotatable bonds is 7. The molecule has 1 aliphatic rings. The van der Waals surface area contributed by atoms with Gasteiger partial charge in [-0.25, -0.2) is 4.98 Å². The van der Waals surface area contributed by atoms with Crippen molar-refractivity contribution in [3.05, 3.63) is 23.9 Å². The van der Waals surface area contributed by atoms with Crippen LogP contribution < -0.4 is 10.6 Å². The Kier molecular flexibility index (Phi) is 5.59. The largest absolute Gasteiger partial charge is 0.369 e. The van der Waals surface area contributed by atoms with E-state index in [1.165, 1.54) is 25.7 Å². The van der Waals surface area contributed by atoms with Crippen molar-refractivity contribution in [3.8, 4) is 0 Å². The standard InChI is InChI=1S/C17H27N3O/c1-3-11-18-15-14(8-7-12-19-15)16(21)20-13-17(4-2)9-5-6-10-17/h7-8,12H,3-6,9-11,13H2,1-2H3,(H,18,19)(H,20,21). The maximum absolute atomic E-state index is 12.5. The first-order chi connectivity index (χ1) is 10.2. The highest BCUT2D eigenvalue weighted by Crippen LogP contribution is 2.40. The second kappa shape index (κ2) is 7.43. The summed E-state index contributed by atoms with van der Waals surface area (Å²) >= 11 is 0. The van der Waals surface area contributed by atoms with Crippen molar-refractivity contribution in [2.24, 2.45) is 5.41 Å². The van der Waals surface area contributed by atoms with Crippen LogP contribution in [0.4, 0.5) is 5.82 Å². The molecule has 21 heavy (non-hydrogen) atoms. The Morgan fingerprint density at radius 1 is 1.33 bits per heavy atom. The second-order valence-corrected chi connectivity index (χ2v) is 6.07. The highest BCUT2D eigenvalue weighted by molar-refractivity contribution is 5.98. The van der Waals surface area contributed by atoms with E-state index in [9.17, 15) is 4.79 Å². The van der Waals surface area contributed by atoms with Gasteiger partial charge < -0.3 is 10.6 Å². The van der Waals surface area contributed by atoms with Gasteiger partial charge in [0.05, 0.1) is 5.56 Å². The van der Waals surface area contributed by atoms with Crippen molar-refractivity contribution in [1.82, 2.24) is 10.3 Å². The lowest BCUT2D eigenvalue weighted by molar-refractivity contribution is 0.0929. The molecule has 1 amide bonds. The van der Waals surface area contributed by atoms with Crippen molar-refractivity contribution < 1.29 is 4.79 Å². The number of hydrogen-bond acceptors (Lipinski definition) is 3. The molecule has 0 spiro atoms. The Bertz CT molecular complexity index is 467. The van der Waals surface area contributed by atoms with Gasteiger partial charge in [0.25, 0.3) is 5.91 Å². The van der Waals surface area contributed by atoms with Crippen molar-refractivity contribution in [2.45, 2.75) is 52.4 Å². The van der Waals surface area contributed by atoms with Gasteiger partial charge >= 0.3 is 0 Å². The fourth-order valence-electron chi connectivity index (χ4n) is 3.12. The number of hydrogen-bond donors (Lipinski definition) is 2. The first kappa shape index (κ1) is 15.8. The van der Waals surface area contributed by atoms with E-state index < -0.39 is 0 Å². The Morgan fingerprint density at radius 3 is 2.76 bits per heavy atom. The quantitative estimate of drug-likeness (QED) is 0.806. The monoisotopic (exact) mass is 289 g/mol. The third-order valence-electron chi connectivity index (χ3n) is 4.63. The van der Waals surface area contributed by atoms with E-state index in [1.54, 1.807) is 6.20 Å². The molecule has 4 nitrogen and oxygen atoms in total. The van der Waals surface area contributed by atoms with E-state index in [4.69, 9.17) is 0 Å². The van der Waals surface area contributed by atoms with Crippen LogP contribution >= 0.6 is 0 Å². The Morgan fingerprint density at radius 2 is 2.10 bits per heavy atom. The topological polar surface area (TPSA) is 54.0 Å². The molecule has 0 aromatic carbocycles. The van der Waals surface area contributed by atoms with Crippen LogP contribution in [0.5, 0.6) is 0 Å². The SMILES string of the molecule is CCCNc1ncccc1C(=O)NCC1(CC)CCCC1. The van der Waals surface area contributed by atoms with Gasteiger partial charge in [0.1, 0.15) is 5.82 Å². The fraction of sp³-hybridized carbons (Fsp3) is 0.647. The predicted molar refractivity (Wildman–Crippen MR) is 86.5 cm³/mol. The summed E-state index contributed by atoms with van der Waals surface area (Å²) in [4.78, 5) is 16.7. The molecular formula is C17H27N3O. The molecular weight excluding hydrogens is 262 g/mol. The number of anilines is 1. The first-order valence-corrected chi connectivity index (χ1v) is 8.18. The zero-order valence-corrected chi connectivity index (χ0v) is 13.2. The molecule has 0 saturated heterocycles. The normalized spacial score (nSPS) is 16.7. The van der Waals surface area contributed by atoms with Gasteiger partial charge in [-0.2, -0.15) is 0 Å². The second-order valence-electron chi connectivity index (χ2n) is 6.07. The third kappa shape index (κ3) is 3.96. The Labute approximate surface area is 127 Å². The van der Waals surface area contributed by atoms with Crippen LogP contribution in [0.1, 0.15) is 62.7 Å². The average Bonchev–Trinajstić information content (AvgIpc) is 3.00. The van der Waals surface area contributed by atoms with Crippen molar-refractivity contribution in [3.63, 3.8) is 0 Å². The summed E-state index contributed by atoms with van der Waals surface area (Å²) in [5, 5.41) is 6.35. The van der Waals surface area contributed by atoms with Crippen LogP contribution in [0.25, 0.3) is 0 Å². The number of amides is 1. The number of carbonyl (C=O) groups excluding carboxylic acids is 1. The van der Waals surface area contributed by atoms with Crippen LogP contribution in [-0.2, 0) is 0 Å². The van der Waals surface area contributed by atoms with Gasteiger partial charge in [0.15, 0.2) is 0 Å². The number of nitrogens with zero attached hydrogens (tertiary/aromatic N) is 1. The third-order valence-corrected chi connectivity index (χ3v) is 4.63. The summed E-state index contributed by atoms with van der Waals surface area (Å²) in [6.45, 7) is 5.94. The van der Waals surface area contributed by atoms with E-state index in [2.05, 4.69) is 29.5 Å². The fourth-order valence-corrected chi connectivity index (χ4v) is 3.12. The Hall–Kier alpha value is -1.58. The summed E-state index contributed by atoms with van der Waals surface area (Å²) in [6.07, 6.45) is 8.92. The minimum absolute atomic E-state index is 0.0126. The minimum Gasteiger partial charge on any atom is -0.369 e. The smallest absolute Gasteiger partial charge is 0.255 e. The molecule has 0 aliphatic heterocycles. The van der Waals surface area contributed by atoms with Gasteiger partial charge in [-0.05, 0) is 43.2 Å². The molecule has 1 heterocycles. The zero-order chi connectivity index (χ0) is 15.1. The van der Waals surface area contributed by atoms with Crippen LogP contribution in [0.15, 0.2) is 18.3 Å². The number of aromatic nitrogens is 1. The maximum atomic E-state index is 12.5. The van der Waals surface area contributed by atoms with Gasteiger partial charge in [0, 0.05) is 19.3 Å². The van der Waals surface area contributed by atoms with Crippen LogP contribution in [0.3, 0.4) is 0 Å². The molecule has 1 saturated carbocycles. The van der Waals surface area contributed by atoms with E-state index in [0.29, 0.717) is 16.8 Å². The number of pyridine rings is 1. The van der Waals surface area contributed by atoms with Gasteiger partial charge in [-0.3, -0.25) is 4.79 Å². The minimum atomic E-state index is -0.0126. The predicted octanol–water partition coefficient (Wildman–Crippen LogP) is 3.60. The summed E-state index contributed by atoms with van der Waals surface area (Å²) < 4.78 is 0. The van der Waals surface area contributed by atoms with Crippen molar-refractivity contribution in [2.75, 3.05) is 18.4 Å². The average molecular weight is 289 g/mol. The van der Waals surface area contributed by atoms with E-state index in [0.717, 1.165) is 25.9 Å². The van der Waals surface area contributed by atoms with Crippen LogP contribution in [-0.4, -0.2) is 24.0 Å². The molecule has 1 fully saturated rings. The highest BCUT2D eigenvalue weighted by Gasteiger charge is 2.32. The molecule has 1 aliphatic carbocycles. The molecule has 0 atom stereocenters. The molecule has 0 unspecified atom stereocenters. The van der Waals surface area contributed by atoms with Crippen LogP contribution in [0.2, 0.25) is 0 Å². The maximum Gasteiger partial charge on any atom is 0.255 e. The molecule has 0 radical (unpaired) electrons. The summed E-state index contributed by atoms with van der Waals surface area (Å²) in [6, 6.07) is 3.66. The molecule has 0 bridgehead atoms. The number of nitrogens with one attached hydrogen (secondary N) is 2. The first-order valence-electron chi connectivity index (χ1n) is 8.18. The molecule has 2 N–H and O–H groups in total. The van der Waals surface area contributed by atoms with Gasteiger partial charge in [-0.1, -0.05) is 26.7 Å². The van der Waals surface area contributed by atoms with E-state index in [-0.39, 0.29) is 5.91 Å². The Balaban J connectivity index is 2.00. The molecule has 1 aromatic rings. The summed E-state index contributed by atoms with van der Waals surface area (Å²) in [5.41, 5.74) is 0.963. The van der Waals surface area contributed by atoms with Gasteiger partial charge in [-0.15, -0.1) is 0 Å². The zero-order valence-electron chi connectivity index (χ0n) is 13.2. The highest BCUT2D eigenvalue weighted by atomic mass is 16.1. The number of carbonyl (C=O) groups is 1. The molecule has 2 rings (SSSR count). The summed E-state index contributed by atoms with van der Waals surface area (Å²) in [5.74, 6) is 0.676. The molecule has 4 heteroatoms. The lowest BCUT2D eigenvalue weighted by atomic mass is 9.83. The van der Waals surface area contributed by atoms with Crippen LogP contribution in [0, 0.1) is 5.41 Å². The van der Waals surface area contributed by atoms with Gasteiger partial charge in [0.2, 0.25) is 0 Å². The summed E-state index contributed by atoms with van der Waals surface area (Å²) in [7, 11) is 0. The molecule has 116 valence electrons. The van der Waals surface area contributed by atoms with E-state index in [1.807, 2.05) is 12.1 Å². The van der Waals surface area contributed by atoms with E-state index >= 15 is 0 Å². The lowest BCUT2D eigenvalue weighted by Gasteiger charge is -2.27. The van der Waals surface area contributed by atoms with Crippen molar-refractivity contribution in [1.29, 1.82) is 0 Å².